The molecule has 20 heavy (non-hydrogen) atoms. The van der Waals surface area contributed by atoms with Gasteiger partial charge in [0, 0.05) is 28.1 Å². The Morgan fingerprint density at radius 3 is 2.65 bits per heavy atom. The van der Waals surface area contributed by atoms with Crippen LogP contribution in [0.25, 0.3) is 10.7 Å². The Kier molecular flexibility index (Phi) is 5.29. The first-order valence-corrected chi connectivity index (χ1v) is 8.43. The van der Waals surface area contributed by atoms with Crippen molar-refractivity contribution in [3.63, 3.8) is 0 Å². The lowest BCUT2D eigenvalue weighted by Gasteiger charge is -2.09. The molecule has 0 aliphatic heterocycles. The van der Waals surface area contributed by atoms with E-state index in [9.17, 15) is 0 Å². The van der Waals surface area contributed by atoms with Crippen LogP contribution in [0.1, 0.15) is 44.2 Å². The zero-order valence-electron chi connectivity index (χ0n) is 12.3. The van der Waals surface area contributed by atoms with Gasteiger partial charge in [-0.05, 0) is 34.0 Å². The summed E-state index contributed by atoms with van der Waals surface area (Å²) in [7, 11) is 0. The van der Waals surface area contributed by atoms with E-state index in [4.69, 9.17) is 4.98 Å². The molecule has 0 aliphatic carbocycles. The molecule has 0 radical (unpaired) electrons. The molecule has 0 unspecified atom stereocenters. The number of aromatic nitrogens is 2. The fourth-order valence-electron chi connectivity index (χ4n) is 1.88. The van der Waals surface area contributed by atoms with Crippen molar-refractivity contribution in [1.29, 1.82) is 0 Å². The highest BCUT2D eigenvalue weighted by molar-refractivity contribution is 9.10. The Hall–Kier alpha value is -0.780. The summed E-state index contributed by atoms with van der Waals surface area (Å²) in [6.07, 6.45) is 1.81. The minimum Gasteiger partial charge on any atom is -0.310 e. The fraction of sp³-hybridized carbons (Fsp3) is 0.467. The summed E-state index contributed by atoms with van der Waals surface area (Å²) in [5.41, 5.74) is 2.10. The van der Waals surface area contributed by atoms with Crippen molar-refractivity contribution >= 4 is 27.3 Å². The van der Waals surface area contributed by atoms with E-state index in [2.05, 4.69) is 53.9 Å². The molecule has 0 fully saturated rings. The lowest BCUT2D eigenvalue weighted by Crippen LogP contribution is -2.22. The molecule has 5 heteroatoms. The van der Waals surface area contributed by atoms with Crippen LogP contribution in [-0.4, -0.2) is 16.0 Å². The van der Waals surface area contributed by atoms with Gasteiger partial charge in [-0.2, -0.15) is 0 Å². The van der Waals surface area contributed by atoms with Crippen molar-refractivity contribution in [2.24, 2.45) is 0 Å². The van der Waals surface area contributed by atoms with Gasteiger partial charge in [0.1, 0.15) is 10.7 Å². The van der Waals surface area contributed by atoms with Gasteiger partial charge in [-0.15, -0.1) is 11.3 Å². The molecule has 0 bridgehead atoms. The average molecular weight is 354 g/mol. The number of pyridine rings is 1. The Bertz CT molecular complexity index is 578. The molecule has 0 saturated carbocycles. The van der Waals surface area contributed by atoms with Crippen LogP contribution in [0.5, 0.6) is 0 Å². The van der Waals surface area contributed by atoms with Gasteiger partial charge in [-0.1, -0.05) is 27.7 Å². The Labute approximate surface area is 133 Å². The second-order valence-corrected chi connectivity index (χ2v) is 7.29. The molecular weight excluding hydrogens is 334 g/mol. The molecule has 1 N–H and O–H groups in total. The van der Waals surface area contributed by atoms with Crippen LogP contribution in [0.2, 0.25) is 0 Å². The lowest BCUT2D eigenvalue weighted by atomic mass is 10.1. The lowest BCUT2D eigenvalue weighted by molar-refractivity contribution is 0.588. The molecule has 0 saturated heterocycles. The molecule has 0 aromatic carbocycles. The number of nitrogens with one attached hydrogen (secondary N) is 1. The molecule has 0 atom stereocenters. The van der Waals surface area contributed by atoms with Gasteiger partial charge in [-0.25, -0.2) is 4.98 Å². The molecular formula is C15H20BrN3S. The zero-order chi connectivity index (χ0) is 14.7. The zero-order valence-corrected chi connectivity index (χ0v) is 14.7. The van der Waals surface area contributed by atoms with Crippen LogP contribution in [0.4, 0.5) is 0 Å². The summed E-state index contributed by atoms with van der Waals surface area (Å²) in [6.45, 7) is 9.56. The molecule has 0 spiro atoms. The highest BCUT2D eigenvalue weighted by Gasteiger charge is 2.17. The highest BCUT2D eigenvalue weighted by Crippen LogP contribution is 2.34. The van der Waals surface area contributed by atoms with E-state index in [0.29, 0.717) is 12.0 Å². The molecule has 2 aromatic rings. The quantitative estimate of drug-likeness (QED) is 0.853. The minimum atomic E-state index is 0.423. The smallest absolute Gasteiger partial charge is 0.143 e. The van der Waals surface area contributed by atoms with E-state index in [1.165, 1.54) is 10.6 Å². The second-order valence-electron chi connectivity index (χ2n) is 5.35. The van der Waals surface area contributed by atoms with Gasteiger partial charge in [-0.3, -0.25) is 4.98 Å². The Balaban J connectivity index is 2.36. The van der Waals surface area contributed by atoms with Crippen molar-refractivity contribution in [3.05, 3.63) is 33.4 Å². The third-order valence-corrected chi connectivity index (χ3v) is 4.62. The van der Waals surface area contributed by atoms with Crippen LogP contribution < -0.4 is 5.32 Å². The number of nitrogens with zero attached hydrogens (tertiary/aromatic N) is 2. The normalized spacial score (nSPS) is 11.6. The second kappa shape index (κ2) is 6.78. The van der Waals surface area contributed by atoms with E-state index in [1.54, 1.807) is 11.3 Å². The number of hydrogen-bond acceptors (Lipinski definition) is 4. The van der Waals surface area contributed by atoms with E-state index < -0.39 is 0 Å². The molecule has 2 rings (SSSR count). The molecule has 0 aliphatic rings. The summed E-state index contributed by atoms with van der Waals surface area (Å²) in [6, 6.07) is 4.40. The third kappa shape index (κ3) is 3.65. The van der Waals surface area contributed by atoms with Crippen molar-refractivity contribution in [2.45, 2.75) is 46.2 Å². The van der Waals surface area contributed by atoms with Crippen LogP contribution in [0.3, 0.4) is 0 Å². The average Bonchev–Trinajstić information content (AvgIpc) is 2.81. The summed E-state index contributed by atoms with van der Waals surface area (Å²) < 4.78 is 0.993. The van der Waals surface area contributed by atoms with E-state index >= 15 is 0 Å². The maximum absolute atomic E-state index is 4.80. The van der Waals surface area contributed by atoms with Gasteiger partial charge < -0.3 is 5.32 Å². The molecule has 0 amide bonds. The van der Waals surface area contributed by atoms with Crippen LogP contribution in [0, 0.1) is 0 Å². The summed E-state index contributed by atoms with van der Waals surface area (Å²) >= 11 is 5.29. The van der Waals surface area contributed by atoms with Gasteiger partial charge in [0.2, 0.25) is 0 Å². The van der Waals surface area contributed by atoms with Crippen molar-refractivity contribution in [3.8, 4) is 10.7 Å². The van der Waals surface area contributed by atoms with E-state index in [0.717, 1.165) is 21.7 Å². The summed E-state index contributed by atoms with van der Waals surface area (Å²) in [5, 5.41) is 4.46. The van der Waals surface area contributed by atoms with Crippen LogP contribution in [-0.2, 0) is 6.54 Å². The van der Waals surface area contributed by atoms with Crippen molar-refractivity contribution in [2.75, 3.05) is 0 Å². The van der Waals surface area contributed by atoms with Crippen molar-refractivity contribution in [1.82, 2.24) is 15.3 Å². The number of halogens is 1. The maximum Gasteiger partial charge on any atom is 0.143 e. The predicted molar refractivity (Wildman–Crippen MR) is 89.1 cm³/mol. The fourth-order valence-corrected chi connectivity index (χ4v) is 3.63. The van der Waals surface area contributed by atoms with Crippen LogP contribution in [0.15, 0.2) is 22.8 Å². The number of rotatable bonds is 5. The topological polar surface area (TPSA) is 37.8 Å². The molecule has 108 valence electrons. The van der Waals surface area contributed by atoms with E-state index in [-0.39, 0.29) is 0 Å². The van der Waals surface area contributed by atoms with Gasteiger partial charge in [0.05, 0.1) is 5.69 Å². The molecule has 2 aromatic heterocycles. The Morgan fingerprint density at radius 2 is 2.05 bits per heavy atom. The van der Waals surface area contributed by atoms with E-state index in [1.807, 2.05) is 18.3 Å². The maximum atomic E-state index is 4.80. The first kappa shape index (κ1) is 15.6. The number of thiazole rings is 1. The summed E-state index contributed by atoms with van der Waals surface area (Å²) in [5.74, 6) is 0.423. The minimum absolute atomic E-state index is 0.423. The molecule has 3 nitrogen and oxygen atoms in total. The van der Waals surface area contributed by atoms with Crippen LogP contribution >= 0.6 is 27.3 Å². The first-order valence-electron chi connectivity index (χ1n) is 6.83. The van der Waals surface area contributed by atoms with Gasteiger partial charge in [0.15, 0.2) is 0 Å². The first-order chi connectivity index (χ1) is 9.49. The van der Waals surface area contributed by atoms with Gasteiger partial charge in [0.25, 0.3) is 0 Å². The Morgan fingerprint density at radius 1 is 1.30 bits per heavy atom. The van der Waals surface area contributed by atoms with Crippen molar-refractivity contribution < 1.29 is 0 Å². The largest absolute Gasteiger partial charge is 0.310 e. The van der Waals surface area contributed by atoms with Gasteiger partial charge >= 0.3 is 0 Å². The summed E-state index contributed by atoms with van der Waals surface area (Å²) in [4.78, 5) is 10.5. The molecule has 2 heterocycles. The predicted octanol–water partition coefficient (Wildman–Crippen LogP) is 4.59. The standard InChI is InChI=1S/C15H20BrN3S/c1-9(2)13-12(8-18-10(3)4)20-15(19-13)14-11(16)6-5-7-17-14/h5-7,9-10,18H,8H2,1-4H3. The highest BCUT2D eigenvalue weighted by atomic mass is 79.9. The third-order valence-electron chi connectivity index (χ3n) is 2.91. The monoisotopic (exact) mass is 353 g/mol. The SMILES string of the molecule is CC(C)NCc1sc(-c2ncccc2Br)nc1C(C)C. The number of hydrogen-bond donors (Lipinski definition) is 1.